The Hall–Kier alpha value is -2.48. The molecule has 0 saturated carbocycles. The van der Waals surface area contributed by atoms with Crippen LogP contribution in [0.1, 0.15) is 17.5 Å². The molecule has 3 rings (SSSR count). The van der Waals surface area contributed by atoms with Crippen molar-refractivity contribution in [2.75, 3.05) is 0 Å². The topological polar surface area (TPSA) is 101 Å². The summed E-state index contributed by atoms with van der Waals surface area (Å²) < 4.78 is 8.69. The highest BCUT2D eigenvalue weighted by Gasteiger charge is 2.19. The third-order valence-corrected chi connectivity index (χ3v) is 2.84. The van der Waals surface area contributed by atoms with E-state index in [1.165, 1.54) is 0 Å². The summed E-state index contributed by atoms with van der Waals surface area (Å²) in [5.74, 6) is 0.818. The van der Waals surface area contributed by atoms with Gasteiger partial charge >= 0.3 is 0 Å². The van der Waals surface area contributed by atoms with Crippen LogP contribution in [-0.4, -0.2) is 29.5 Å². The van der Waals surface area contributed by atoms with Crippen molar-refractivity contribution in [3.8, 4) is 11.5 Å². The molecule has 3 heterocycles. The Morgan fingerprint density at radius 1 is 1.32 bits per heavy atom. The third-order valence-electron chi connectivity index (χ3n) is 2.84. The fourth-order valence-corrected chi connectivity index (χ4v) is 1.78. The number of hydrogen-bond acceptors (Lipinski definition) is 6. The molecule has 0 aliphatic rings. The summed E-state index contributed by atoms with van der Waals surface area (Å²) in [4.78, 5) is 8.31. The van der Waals surface area contributed by atoms with E-state index in [0.717, 1.165) is 11.3 Å². The van der Waals surface area contributed by atoms with Gasteiger partial charge in [-0.1, -0.05) is 5.16 Å². The number of rotatable bonds is 3. The van der Waals surface area contributed by atoms with Crippen molar-refractivity contribution < 1.29 is 4.52 Å². The Balaban J connectivity index is 1.91. The Morgan fingerprint density at radius 3 is 2.79 bits per heavy atom. The van der Waals surface area contributed by atoms with Gasteiger partial charge < -0.3 is 14.8 Å². The molecule has 1 unspecified atom stereocenters. The lowest BCUT2D eigenvalue weighted by Crippen LogP contribution is -2.11. The van der Waals surface area contributed by atoms with Crippen molar-refractivity contribution in [1.82, 2.24) is 29.5 Å². The predicted octanol–water partition coefficient (Wildman–Crippen LogP) is 0.252. The van der Waals surface area contributed by atoms with Gasteiger partial charge in [-0.05, 0) is 0 Å². The second kappa shape index (κ2) is 4.32. The van der Waals surface area contributed by atoms with Gasteiger partial charge in [-0.15, -0.1) is 0 Å². The minimum atomic E-state index is -0.483. The first-order valence-corrected chi connectivity index (χ1v) is 5.69. The van der Waals surface area contributed by atoms with Crippen molar-refractivity contribution in [3.05, 3.63) is 36.4 Å². The summed E-state index contributed by atoms with van der Waals surface area (Å²) in [6.45, 7) is 0. The molecule has 0 spiro atoms. The molecular weight excluding hydrogens is 246 g/mol. The lowest BCUT2D eigenvalue weighted by molar-refractivity contribution is 0.367. The Morgan fingerprint density at radius 2 is 2.16 bits per heavy atom. The summed E-state index contributed by atoms with van der Waals surface area (Å²) in [6, 6.07) is -0.483. The van der Waals surface area contributed by atoms with Crippen molar-refractivity contribution in [3.63, 3.8) is 0 Å². The average molecular weight is 259 g/mol. The molecule has 8 heteroatoms. The first-order chi connectivity index (χ1) is 9.15. The van der Waals surface area contributed by atoms with Gasteiger partial charge in [0.1, 0.15) is 11.7 Å². The van der Waals surface area contributed by atoms with E-state index in [1.807, 2.05) is 24.9 Å². The van der Waals surface area contributed by atoms with Gasteiger partial charge in [0.25, 0.3) is 0 Å². The number of nitrogens with zero attached hydrogens (tertiary/aromatic N) is 6. The van der Waals surface area contributed by atoms with Crippen LogP contribution in [-0.2, 0) is 14.1 Å². The summed E-state index contributed by atoms with van der Waals surface area (Å²) in [5.41, 5.74) is 7.66. The van der Waals surface area contributed by atoms with E-state index in [4.69, 9.17) is 10.3 Å². The standard InChI is InChI=1S/C11H13N7O/c1-17-6-13-4-8(17)10-15-11(19-16-10)9(12)7-3-14-18(2)5-7/h3-6,9H,12H2,1-2H3. The van der Waals surface area contributed by atoms with Crippen molar-refractivity contribution in [1.29, 1.82) is 0 Å². The molecule has 0 amide bonds. The third kappa shape index (κ3) is 2.02. The zero-order chi connectivity index (χ0) is 13.4. The predicted molar refractivity (Wildman–Crippen MR) is 65.7 cm³/mol. The van der Waals surface area contributed by atoms with Crippen molar-refractivity contribution in [2.45, 2.75) is 6.04 Å². The van der Waals surface area contributed by atoms with Gasteiger partial charge in [-0.2, -0.15) is 10.1 Å². The molecule has 0 bridgehead atoms. The fourth-order valence-electron chi connectivity index (χ4n) is 1.78. The van der Waals surface area contributed by atoms with Crippen LogP contribution in [0.4, 0.5) is 0 Å². The second-order valence-electron chi connectivity index (χ2n) is 4.27. The van der Waals surface area contributed by atoms with Gasteiger partial charge in [0.05, 0.1) is 18.7 Å². The molecule has 0 radical (unpaired) electrons. The van der Waals surface area contributed by atoms with E-state index in [2.05, 4.69) is 20.2 Å². The van der Waals surface area contributed by atoms with E-state index in [-0.39, 0.29) is 0 Å². The molecule has 98 valence electrons. The van der Waals surface area contributed by atoms with Crippen LogP contribution in [0.2, 0.25) is 0 Å². The van der Waals surface area contributed by atoms with Crippen molar-refractivity contribution in [2.24, 2.45) is 19.8 Å². The molecule has 19 heavy (non-hydrogen) atoms. The first-order valence-electron chi connectivity index (χ1n) is 5.69. The summed E-state index contributed by atoms with van der Waals surface area (Å²) in [7, 11) is 3.69. The normalized spacial score (nSPS) is 12.8. The molecule has 0 aromatic carbocycles. The van der Waals surface area contributed by atoms with Gasteiger partial charge in [-0.25, -0.2) is 4.98 Å². The molecule has 0 fully saturated rings. The highest BCUT2D eigenvalue weighted by Crippen LogP contribution is 2.20. The Labute approximate surface area is 108 Å². The molecule has 1 atom stereocenters. The highest BCUT2D eigenvalue weighted by molar-refractivity contribution is 5.47. The molecule has 0 saturated heterocycles. The van der Waals surface area contributed by atoms with Crippen LogP contribution in [0.15, 0.2) is 29.4 Å². The zero-order valence-corrected chi connectivity index (χ0v) is 10.6. The molecule has 0 aliphatic carbocycles. The van der Waals surface area contributed by atoms with E-state index >= 15 is 0 Å². The minimum absolute atomic E-state index is 0.351. The Bertz CT molecular complexity index is 695. The van der Waals surface area contributed by atoms with E-state index in [1.54, 1.807) is 23.4 Å². The molecule has 3 aromatic rings. The highest BCUT2D eigenvalue weighted by atomic mass is 16.5. The summed E-state index contributed by atoms with van der Waals surface area (Å²) >= 11 is 0. The number of imidazole rings is 1. The molecule has 8 nitrogen and oxygen atoms in total. The van der Waals surface area contributed by atoms with Gasteiger partial charge in [0.15, 0.2) is 0 Å². The smallest absolute Gasteiger partial charge is 0.248 e. The molecule has 2 N–H and O–H groups in total. The van der Waals surface area contributed by atoms with Gasteiger partial charge in [0, 0.05) is 25.9 Å². The zero-order valence-electron chi connectivity index (χ0n) is 10.6. The second-order valence-corrected chi connectivity index (χ2v) is 4.27. The van der Waals surface area contributed by atoms with E-state index in [9.17, 15) is 0 Å². The molecular formula is C11H13N7O. The van der Waals surface area contributed by atoms with Crippen LogP contribution < -0.4 is 5.73 Å². The SMILES string of the molecule is Cn1cc(C(N)c2nc(-c3cncn3C)no2)cn1. The maximum absolute atomic E-state index is 6.06. The Kier molecular flexibility index (Phi) is 2.64. The molecule has 0 aliphatic heterocycles. The van der Waals surface area contributed by atoms with Gasteiger partial charge in [0.2, 0.25) is 11.7 Å². The van der Waals surface area contributed by atoms with Crippen LogP contribution in [0, 0.1) is 0 Å². The fraction of sp³-hybridized carbons (Fsp3) is 0.273. The summed E-state index contributed by atoms with van der Waals surface area (Å²) in [6.07, 6.45) is 6.84. The summed E-state index contributed by atoms with van der Waals surface area (Å²) in [5, 5.41) is 7.99. The minimum Gasteiger partial charge on any atom is -0.337 e. The molecule has 3 aromatic heterocycles. The first kappa shape index (κ1) is 11.6. The van der Waals surface area contributed by atoms with Gasteiger partial charge in [-0.3, -0.25) is 4.68 Å². The number of nitrogens with two attached hydrogens (primary N) is 1. The van der Waals surface area contributed by atoms with E-state index in [0.29, 0.717) is 11.7 Å². The maximum Gasteiger partial charge on any atom is 0.248 e. The van der Waals surface area contributed by atoms with Crippen LogP contribution >= 0.6 is 0 Å². The number of aryl methyl sites for hydroxylation is 2. The van der Waals surface area contributed by atoms with Crippen LogP contribution in [0.5, 0.6) is 0 Å². The monoisotopic (exact) mass is 259 g/mol. The maximum atomic E-state index is 6.06. The van der Waals surface area contributed by atoms with Crippen LogP contribution in [0.25, 0.3) is 11.5 Å². The van der Waals surface area contributed by atoms with Crippen LogP contribution in [0.3, 0.4) is 0 Å². The van der Waals surface area contributed by atoms with E-state index < -0.39 is 6.04 Å². The number of aromatic nitrogens is 6. The van der Waals surface area contributed by atoms with Crippen molar-refractivity contribution >= 4 is 0 Å². The quantitative estimate of drug-likeness (QED) is 0.723. The lowest BCUT2D eigenvalue weighted by Gasteiger charge is -2.01. The lowest BCUT2D eigenvalue weighted by atomic mass is 10.2. The largest absolute Gasteiger partial charge is 0.337 e. The average Bonchev–Trinajstić information content (AvgIpc) is 3.08. The number of hydrogen-bond donors (Lipinski definition) is 1.